The Morgan fingerprint density at radius 3 is 2.78 bits per heavy atom. The van der Waals surface area contributed by atoms with Gasteiger partial charge in [0.1, 0.15) is 23.9 Å². The standard InChI is InChI=1S/C14H16FNO2/c1-9-3-4-10(7-12(9)15)14(16)13-6-5-11(18-13)8-17-2/h3-7,14H,8,16H2,1-2H3. The summed E-state index contributed by atoms with van der Waals surface area (Å²) in [4.78, 5) is 0. The van der Waals surface area contributed by atoms with Gasteiger partial charge in [-0.05, 0) is 36.2 Å². The highest BCUT2D eigenvalue weighted by Crippen LogP contribution is 2.23. The van der Waals surface area contributed by atoms with E-state index in [2.05, 4.69) is 0 Å². The van der Waals surface area contributed by atoms with Gasteiger partial charge in [0, 0.05) is 7.11 Å². The van der Waals surface area contributed by atoms with Crippen LogP contribution in [0.4, 0.5) is 4.39 Å². The minimum atomic E-state index is -0.467. The Kier molecular flexibility index (Phi) is 3.79. The number of hydrogen-bond acceptors (Lipinski definition) is 3. The van der Waals surface area contributed by atoms with Crippen LogP contribution in [0, 0.1) is 12.7 Å². The summed E-state index contributed by atoms with van der Waals surface area (Å²) in [5.41, 5.74) is 7.34. The molecule has 18 heavy (non-hydrogen) atoms. The minimum absolute atomic E-state index is 0.258. The molecule has 1 aromatic carbocycles. The van der Waals surface area contributed by atoms with Gasteiger partial charge in [-0.2, -0.15) is 0 Å². The van der Waals surface area contributed by atoms with Gasteiger partial charge in [-0.3, -0.25) is 0 Å². The third-order valence-electron chi connectivity index (χ3n) is 2.83. The van der Waals surface area contributed by atoms with Crippen LogP contribution in [0.25, 0.3) is 0 Å². The highest BCUT2D eigenvalue weighted by Gasteiger charge is 2.14. The van der Waals surface area contributed by atoms with Crippen LogP contribution in [0.2, 0.25) is 0 Å². The summed E-state index contributed by atoms with van der Waals surface area (Å²) < 4.78 is 24.0. The average molecular weight is 249 g/mol. The van der Waals surface area contributed by atoms with E-state index >= 15 is 0 Å². The summed E-state index contributed by atoms with van der Waals surface area (Å²) >= 11 is 0. The van der Waals surface area contributed by atoms with Crippen LogP contribution in [-0.4, -0.2) is 7.11 Å². The van der Waals surface area contributed by atoms with E-state index < -0.39 is 6.04 Å². The molecule has 0 aliphatic heterocycles. The van der Waals surface area contributed by atoms with Crippen LogP contribution < -0.4 is 5.73 Å². The minimum Gasteiger partial charge on any atom is -0.462 e. The van der Waals surface area contributed by atoms with Crippen molar-refractivity contribution in [2.45, 2.75) is 19.6 Å². The van der Waals surface area contributed by atoms with E-state index in [1.165, 1.54) is 6.07 Å². The molecule has 0 aliphatic carbocycles. The molecule has 0 aliphatic rings. The smallest absolute Gasteiger partial charge is 0.129 e. The van der Waals surface area contributed by atoms with Gasteiger partial charge < -0.3 is 14.9 Å². The van der Waals surface area contributed by atoms with Crippen LogP contribution in [-0.2, 0) is 11.3 Å². The van der Waals surface area contributed by atoms with E-state index in [-0.39, 0.29) is 5.82 Å². The molecule has 0 amide bonds. The molecular weight excluding hydrogens is 233 g/mol. The third kappa shape index (κ3) is 2.60. The van der Waals surface area contributed by atoms with Crippen molar-refractivity contribution in [3.05, 3.63) is 58.8 Å². The number of rotatable bonds is 4. The SMILES string of the molecule is COCc1ccc(C(N)c2ccc(C)c(F)c2)o1. The zero-order chi connectivity index (χ0) is 13.1. The Morgan fingerprint density at radius 1 is 1.33 bits per heavy atom. The predicted octanol–water partition coefficient (Wildman–Crippen LogP) is 2.92. The van der Waals surface area contributed by atoms with Gasteiger partial charge in [-0.1, -0.05) is 12.1 Å². The van der Waals surface area contributed by atoms with Gasteiger partial charge in [-0.15, -0.1) is 0 Å². The molecule has 1 aromatic heterocycles. The summed E-state index contributed by atoms with van der Waals surface area (Å²) in [6.07, 6.45) is 0. The van der Waals surface area contributed by atoms with Crippen LogP contribution in [0.5, 0.6) is 0 Å². The average Bonchev–Trinajstić information content (AvgIpc) is 2.81. The van der Waals surface area contributed by atoms with Crippen LogP contribution in [0.1, 0.15) is 28.7 Å². The number of furan rings is 1. The van der Waals surface area contributed by atoms with E-state index in [1.807, 2.05) is 12.1 Å². The monoisotopic (exact) mass is 249 g/mol. The summed E-state index contributed by atoms with van der Waals surface area (Å²) in [6, 6.07) is 8.09. The zero-order valence-corrected chi connectivity index (χ0v) is 10.4. The molecule has 1 unspecified atom stereocenters. The second-order valence-corrected chi connectivity index (χ2v) is 4.22. The molecule has 0 fully saturated rings. The maximum absolute atomic E-state index is 13.5. The van der Waals surface area contributed by atoms with Crippen LogP contribution in [0.3, 0.4) is 0 Å². The molecule has 0 radical (unpaired) electrons. The summed E-state index contributed by atoms with van der Waals surface area (Å²) in [5, 5.41) is 0. The number of ether oxygens (including phenoxy) is 1. The lowest BCUT2D eigenvalue weighted by atomic mass is 10.0. The fourth-order valence-corrected chi connectivity index (χ4v) is 1.75. The molecular formula is C14H16FNO2. The van der Waals surface area contributed by atoms with Gasteiger partial charge in [-0.25, -0.2) is 4.39 Å². The first-order valence-corrected chi connectivity index (χ1v) is 5.71. The number of aryl methyl sites for hydroxylation is 1. The topological polar surface area (TPSA) is 48.4 Å². The molecule has 2 N–H and O–H groups in total. The van der Waals surface area contributed by atoms with Gasteiger partial charge in [0.05, 0.1) is 6.04 Å². The van der Waals surface area contributed by atoms with Crippen molar-refractivity contribution in [1.29, 1.82) is 0 Å². The van der Waals surface area contributed by atoms with Gasteiger partial charge in [0.2, 0.25) is 0 Å². The molecule has 0 saturated carbocycles. The maximum atomic E-state index is 13.5. The molecule has 0 bridgehead atoms. The molecule has 1 heterocycles. The largest absolute Gasteiger partial charge is 0.462 e. The molecule has 0 saturated heterocycles. The van der Waals surface area contributed by atoms with Crippen molar-refractivity contribution in [1.82, 2.24) is 0 Å². The van der Waals surface area contributed by atoms with Crippen molar-refractivity contribution >= 4 is 0 Å². The summed E-state index contributed by atoms with van der Waals surface area (Å²) in [6.45, 7) is 2.11. The van der Waals surface area contributed by atoms with Crippen molar-refractivity contribution in [2.75, 3.05) is 7.11 Å². The lowest BCUT2D eigenvalue weighted by Crippen LogP contribution is -2.11. The predicted molar refractivity (Wildman–Crippen MR) is 66.6 cm³/mol. The van der Waals surface area contributed by atoms with E-state index in [1.54, 1.807) is 26.2 Å². The zero-order valence-electron chi connectivity index (χ0n) is 10.4. The van der Waals surface area contributed by atoms with Crippen molar-refractivity contribution in [2.24, 2.45) is 5.73 Å². The molecule has 1 atom stereocenters. The number of hydrogen-bond donors (Lipinski definition) is 1. The molecule has 4 heteroatoms. The van der Waals surface area contributed by atoms with E-state index in [0.29, 0.717) is 29.3 Å². The second-order valence-electron chi connectivity index (χ2n) is 4.22. The summed E-state index contributed by atoms with van der Waals surface area (Å²) in [7, 11) is 1.59. The summed E-state index contributed by atoms with van der Waals surface area (Å²) in [5.74, 6) is 1.05. The first kappa shape index (κ1) is 12.8. The highest BCUT2D eigenvalue weighted by atomic mass is 19.1. The number of halogens is 1. The Labute approximate surface area is 105 Å². The third-order valence-corrected chi connectivity index (χ3v) is 2.83. The molecule has 2 aromatic rings. The molecule has 3 nitrogen and oxygen atoms in total. The maximum Gasteiger partial charge on any atom is 0.129 e. The van der Waals surface area contributed by atoms with Crippen molar-refractivity contribution in [3.63, 3.8) is 0 Å². The lowest BCUT2D eigenvalue weighted by Gasteiger charge is -2.10. The Balaban J connectivity index is 2.23. The van der Waals surface area contributed by atoms with E-state index in [0.717, 1.165) is 0 Å². The fraction of sp³-hybridized carbons (Fsp3) is 0.286. The second kappa shape index (κ2) is 5.33. The molecule has 96 valence electrons. The van der Waals surface area contributed by atoms with Crippen molar-refractivity contribution < 1.29 is 13.5 Å². The van der Waals surface area contributed by atoms with E-state index in [9.17, 15) is 4.39 Å². The number of nitrogens with two attached hydrogens (primary N) is 1. The van der Waals surface area contributed by atoms with Gasteiger partial charge in [0.15, 0.2) is 0 Å². The first-order valence-electron chi connectivity index (χ1n) is 5.71. The van der Waals surface area contributed by atoms with Crippen molar-refractivity contribution in [3.8, 4) is 0 Å². The Bertz CT molecular complexity index is 536. The molecule has 2 rings (SSSR count). The van der Waals surface area contributed by atoms with Gasteiger partial charge in [0.25, 0.3) is 0 Å². The fourth-order valence-electron chi connectivity index (χ4n) is 1.75. The molecule has 0 spiro atoms. The highest BCUT2D eigenvalue weighted by molar-refractivity contribution is 5.30. The van der Waals surface area contributed by atoms with Gasteiger partial charge >= 0.3 is 0 Å². The first-order chi connectivity index (χ1) is 8.61. The Morgan fingerprint density at radius 2 is 2.11 bits per heavy atom. The normalized spacial score (nSPS) is 12.7. The number of benzene rings is 1. The van der Waals surface area contributed by atoms with Crippen LogP contribution >= 0.6 is 0 Å². The Hall–Kier alpha value is -1.65. The van der Waals surface area contributed by atoms with E-state index in [4.69, 9.17) is 14.9 Å². The lowest BCUT2D eigenvalue weighted by molar-refractivity contribution is 0.162. The van der Waals surface area contributed by atoms with Crippen LogP contribution in [0.15, 0.2) is 34.7 Å². The quantitative estimate of drug-likeness (QED) is 0.906. The number of methoxy groups -OCH3 is 1.